The summed E-state index contributed by atoms with van der Waals surface area (Å²) in [4.78, 5) is 23.4. The quantitative estimate of drug-likeness (QED) is 0.784. The van der Waals surface area contributed by atoms with E-state index in [1.165, 1.54) is 0 Å². The summed E-state index contributed by atoms with van der Waals surface area (Å²) in [6, 6.07) is -0.486. The van der Waals surface area contributed by atoms with Gasteiger partial charge in [-0.3, -0.25) is 4.79 Å². The molecule has 1 N–H and O–H groups in total. The number of amides is 1. The van der Waals surface area contributed by atoms with Gasteiger partial charge in [0.15, 0.2) is 5.78 Å². The molecular formula is C14H23NO3. The molecule has 1 aliphatic rings. The van der Waals surface area contributed by atoms with Gasteiger partial charge in [-0.05, 0) is 46.5 Å². The SMILES string of the molecule is C[C@H](NC(=O)OC(C)(C)C)C(=O)CC1CC=CC1. The van der Waals surface area contributed by atoms with Crippen molar-refractivity contribution in [2.45, 2.75) is 58.6 Å². The molecule has 1 aliphatic carbocycles. The Labute approximate surface area is 109 Å². The first kappa shape index (κ1) is 14.7. The van der Waals surface area contributed by atoms with Gasteiger partial charge in [0.1, 0.15) is 5.60 Å². The third-order valence-electron chi connectivity index (χ3n) is 2.81. The average Bonchev–Trinajstić information content (AvgIpc) is 2.66. The molecule has 0 spiro atoms. The van der Waals surface area contributed by atoms with Crippen molar-refractivity contribution < 1.29 is 14.3 Å². The molecule has 1 amide bonds. The topological polar surface area (TPSA) is 55.4 Å². The van der Waals surface area contributed by atoms with Crippen LogP contribution in [0.3, 0.4) is 0 Å². The van der Waals surface area contributed by atoms with E-state index in [9.17, 15) is 9.59 Å². The lowest BCUT2D eigenvalue weighted by molar-refractivity contribution is -0.121. The van der Waals surface area contributed by atoms with Crippen molar-refractivity contribution in [3.05, 3.63) is 12.2 Å². The van der Waals surface area contributed by atoms with E-state index < -0.39 is 17.7 Å². The number of allylic oxidation sites excluding steroid dienone is 2. The molecule has 0 unspecified atom stereocenters. The third kappa shape index (κ3) is 5.34. The van der Waals surface area contributed by atoms with Crippen LogP contribution in [0, 0.1) is 5.92 Å². The minimum Gasteiger partial charge on any atom is -0.444 e. The summed E-state index contributed by atoms with van der Waals surface area (Å²) in [5.74, 6) is 0.468. The largest absolute Gasteiger partial charge is 0.444 e. The summed E-state index contributed by atoms with van der Waals surface area (Å²) in [6.45, 7) is 7.09. The fourth-order valence-electron chi connectivity index (χ4n) is 1.87. The van der Waals surface area contributed by atoms with Gasteiger partial charge in [0, 0.05) is 6.42 Å². The van der Waals surface area contributed by atoms with Gasteiger partial charge in [-0.25, -0.2) is 4.79 Å². The molecule has 0 aromatic carbocycles. The molecule has 4 heteroatoms. The number of nitrogens with one attached hydrogen (secondary N) is 1. The zero-order valence-electron chi connectivity index (χ0n) is 11.7. The van der Waals surface area contributed by atoms with Crippen LogP contribution in [-0.4, -0.2) is 23.5 Å². The Bertz CT molecular complexity index is 333. The van der Waals surface area contributed by atoms with E-state index in [-0.39, 0.29) is 5.78 Å². The van der Waals surface area contributed by atoms with Gasteiger partial charge >= 0.3 is 6.09 Å². The van der Waals surface area contributed by atoms with Crippen molar-refractivity contribution in [3.63, 3.8) is 0 Å². The Kier molecular flexibility index (Phi) is 4.93. The van der Waals surface area contributed by atoms with Gasteiger partial charge in [-0.15, -0.1) is 0 Å². The number of alkyl carbamates (subject to hydrolysis) is 1. The lowest BCUT2D eigenvalue weighted by Crippen LogP contribution is -2.42. The maximum Gasteiger partial charge on any atom is 0.408 e. The third-order valence-corrected chi connectivity index (χ3v) is 2.81. The molecule has 0 bridgehead atoms. The van der Waals surface area contributed by atoms with E-state index in [2.05, 4.69) is 17.5 Å². The van der Waals surface area contributed by atoms with Crippen LogP contribution < -0.4 is 5.32 Å². The van der Waals surface area contributed by atoms with Crippen LogP contribution in [-0.2, 0) is 9.53 Å². The standard InChI is InChI=1S/C14H23NO3/c1-10(15-13(17)18-14(2,3)4)12(16)9-11-7-5-6-8-11/h5-6,10-11H,7-9H2,1-4H3,(H,15,17)/t10-/m0/s1. The van der Waals surface area contributed by atoms with Gasteiger partial charge in [-0.1, -0.05) is 12.2 Å². The number of ketones is 1. The molecule has 0 saturated heterocycles. The molecule has 0 aromatic heterocycles. The van der Waals surface area contributed by atoms with Crippen LogP contribution in [0.15, 0.2) is 12.2 Å². The predicted molar refractivity (Wildman–Crippen MR) is 70.3 cm³/mol. The lowest BCUT2D eigenvalue weighted by Gasteiger charge is -2.22. The second kappa shape index (κ2) is 6.03. The predicted octanol–water partition coefficient (Wildman–Crippen LogP) is 2.83. The Balaban J connectivity index is 2.32. The molecule has 1 rings (SSSR count). The molecule has 4 nitrogen and oxygen atoms in total. The Morgan fingerprint density at radius 1 is 1.33 bits per heavy atom. The van der Waals surface area contributed by atoms with Gasteiger partial charge in [-0.2, -0.15) is 0 Å². The highest BCUT2D eigenvalue weighted by molar-refractivity contribution is 5.87. The van der Waals surface area contributed by atoms with Crippen LogP contribution in [0.4, 0.5) is 4.79 Å². The number of rotatable bonds is 4. The smallest absolute Gasteiger partial charge is 0.408 e. The first-order chi connectivity index (χ1) is 8.28. The highest BCUT2D eigenvalue weighted by Gasteiger charge is 2.23. The van der Waals surface area contributed by atoms with Gasteiger partial charge in [0.2, 0.25) is 0 Å². The van der Waals surface area contributed by atoms with E-state index in [1.54, 1.807) is 27.7 Å². The normalized spacial score (nSPS) is 17.6. The van der Waals surface area contributed by atoms with E-state index in [1.807, 2.05) is 0 Å². The van der Waals surface area contributed by atoms with Crippen LogP contribution in [0.2, 0.25) is 0 Å². The first-order valence-electron chi connectivity index (χ1n) is 6.45. The zero-order valence-corrected chi connectivity index (χ0v) is 11.7. The summed E-state index contributed by atoms with van der Waals surface area (Å²) < 4.78 is 5.11. The molecule has 0 heterocycles. The molecular weight excluding hydrogens is 230 g/mol. The molecule has 0 fully saturated rings. The minimum absolute atomic E-state index is 0.0644. The molecule has 18 heavy (non-hydrogen) atoms. The summed E-state index contributed by atoms with van der Waals surface area (Å²) in [5.41, 5.74) is -0.539. The van der Waals surface area contributed by atoms with Gasteiger partial charge in [0.05, 0.1) is 6.04 Å². The fraction of sp³-hybridized carbons (Fsp3) is 0.714. The second-order valence-electron chi connectivity index (χ2n) is 5.85. The van der Waals surface area contributed by atoms with E-state index >= 15 is 0 Å². The van der Waals surface area contributed by atoms with Crippen molar-refractivity contribution >= 4 is 11.9 Å². The maximum absolute atomic E-state index is 11.9. The molecule has 0 aromatic rings. The molecule has 0 aliphatic heterocycles. The Morgan fingerprint density at radius 2 is 1.89 bits per heavy atom. The summed E-state index contributed by atoms with van der Waals surface area (Å²) in [6.07, 6.45) is 6.11. The van der Waals surface area contributed by atoms with Crippen molar-refractivity contribution in [1.29, 1.82) is 0 Å². The Hall–Kier alpha value is -1.32. The number of carbonyl (C=O) groups is 2. The number of ether oxygens (including phenoxy) is 1. The summed E-state index contributed by atoms with van der Waals surface area (Å²) >= 11 is 0. The van der Waals surface area contributed by atoms with Crippen LogP contribution >= 0.6 is 0 Å². The van der Waals surface area contributed by atoms with Crippen LogP contribution in [0.1, 0.15) is 47.0 Å². The molecule has 0 radical (unpaired) electrons. The lowest BCUT2D eigenvalue weighted by atomic mass is 9.97. The van der Waals surface area contributed by atoms with Gasteiger partial charge in [0.25, 0.3) is 0 Å². The van der Waals surface area contributed by atoms with Crippen molar-refractivity contribution in [1.82, 2.24) is 5.32 Å². The Morgan fingerprint density at radius 3 is 2.39 bits per heavy atom. The van der Waals surface area contributed by atoms with Gasteiger partial charge < -0.3 is 10.1 Å². The first-order valence-corrected chi connectivity index (χ1v) is 6.45. The number of Topliss-reactive ketones (excluding diaryl/α,β-unsaturated/α-hetero) is 1. The van der Waals surface area contributed by atoms with E-state index in [0.29, 0.717) is 12.3 Å². The monoisotopic (exact) mass is 253 g/mol. The van der Waals surface area contributed by atoms with E-state index in [0.717, 1.165) is 12.8 Å². The summed E-state index contributed by atoms with van der Waals surface area (Å²) in [7, 11) is 0. The fourth-order valence-corrected chi connectivity index (χ4v) is 1.87. The minimum atomic E-state index is -0.539. The number of hydrogen-bond donors (Lipinski definition) is 1. The van der Waals surface area contributed by atoms with Crippen LogP contribution in [0.25, 0.3) is 0 Å². The summed E-state index contributed by atoms with van der Waals surface area (Å²) in [5, 5.41) is 2.58. The zero-order chi connectivity index (χ0) is 13.8. The molecule has 1 atom stereocenters. The van der Waals surface area contributed by atoms with Crippen molar-refractivity contribution in [2.24, 2.45) is 5.92 Å². The molecule has 0 saturated carbocycles. The number of hydrogen-bond acceptors (Lipinski definition) is 3. The average molecular weight is 253 g/mol. The number of carbonyl (C=O) groups excluding carboxylic acids is 2. The van der Waals surface area contributed by atoms with E-state index in [4.69, 9.17) is 4.74 Å². The van der Waals surface area contributed by atoms with Crippen molar-refractivity contribution in [2.75, 3.05) is 0 Å². The molecule has 102 valence electrons. The van der Waals surface area contributed by atoms with Crippen molar-refractivity contribution in [3.8, 4) is 0 Å². The maximum atomic E-state index is 11.9. The second-order valence-corrected chi connectivity index (χ2v) is 5.85. The highest BCUT2D eigenvalue weighted by atomic mass is 16.6. The highest BCUT2D eigenvalue weighted by Crippen LogP contribution is 2.22. The van der Waals surface area contributed by atoms with Crippen LogP contribution in [0.5, 0.6) is 0 Å².